The lowest BCUT2D eigenvalue weighted by molar-refractivity contribution is -0.385. The van der Waals surface area contributed by atoms with E-state index in [1.54, 1.807) is 6.07 Å². The quantitative estimate of drug-likeness (QED) is 0.653. The van der Waals surface area contributed by atoms with Crippen LogP contribution in [0.3, 0.4) is 0 Å². The van der Waals surface area contributed by atoms with Gasteiger partial charge >= 0.3 is 0 Å². The molecule has 8 heteroatoms. The van der Waals surface area contributed by atoms with Crippen LogP contribution in [-0.2, 0) is 15.8 Å². The summed E-state index contributed by atoms with van der Waals surface area (Å²) in [5.41, 5.74) is 0.0822. The third-order valence-corrected chi connectivity index (χ3v) is 5.05. The molecular weight excluding hydrogens is 282 g/mol. The highest BCUT2D eigenvalue weighted by atomic mass is 32.2. The van der Waals surface area contributed by atoms with E-state index in [1.807, 2.05) is 0 Å². The average Bonchev–Trinajstić information content (AvgIpc) is 2.68. The molecule has 0 saturated carbocycles. The second kappa shape index (κ2) is 6.29. The van der Waals surface area contributed by atoms with Crippen molar-refractivity contribution in [2.24, 2.45) is 0 Å². The van der Waals surface area contributed by atoms with Crippen molar-refractivity contribution in [1.29, 1.82) is 0 Å². The monoisotopic (exact) mass is 299 g/mol. The summed E-state index contributed by atoms with van der Waals surface area (Å²) in [6.07, 6.45) is 0.746. The highest BCUT2D eigenvalue weighted by Crippen LogP contribution is 2.21. The molecular formula is C12H17N3O4S. The van der Waals surface area contributed by atoms with Crippen LogP contribution in [-0.4, -0.2) is 43.8 Å². The number of hydrogen-bond donors (Lipinski definition) is 1. The fourth-order valence-electron chi connectivity index (χ4n) is 2.20. The van der Waals surface area contributed by atoms with Crippen LogP contribution in [0.1, 0.15) is 12.0 Å². The van der Waals surface area contributed by atoms with Gasteiger partial charge in [0.15, 0.2) is 0 Å². The summed E-state index contributed by atoms with van der Waals surface area (Å²) in [6.45, 7) is 2.26. The molecule has 2 rings (SSSR count). The molecule has 0 bridgehead atoms. The van der Waals surface area contributed by atoms with Crippen LogP contribution in [0.4, 0.5) is 5.69 Å². The molecule has 1 heterocycles. The molecule has 1 saturated heterocycles. The Hall–Kier alpha value is -1.51. The summed E-state index contributed by atoms with van der Waals surface area (Å²) < 4.78 is 26.1. The number of nitro groups is 1. The first-order valence-corrected chi connectivity index (χ1v) is 8.02. The van der Waals surface area contributed by atoms with Gasteiger partial charge in [-0.25, -0.2) is 12.7 Å². The van der Waals surface area contributed by atoms with E-state index in [2.05, 4.69) is 5.32 Å². The molecule has 0 atom stereocenters. The Morgan fingerprint density at radius 2 is 2.00 bits per heavy atom. The number of benzene rings is 1. The van der Waals surface area contributed by atoms with Crippen molar-refractivity contribution >= 4 is 15.7 Å². The van der Waals surface area contributed by atoms with Crippen LogP contribution < -0.4 is 5.32 Å². The van der Waals surface area contributed by atoms with Gasteiger partial charge in [0, 0.05) is 31.3 Å². The zero-order valence-electron chi connectivity index (χ0n) is 11.0. The Labute approximate surface area is 117 Å². The van der Waals surface area contributed by atoms with Crippen LogP contribution >= 0.6 is 0 Å². The predicted molar refractivity (Wildman–Crippen MR) is 74.8 cm³/mol. The number of hydrogen-bond acceptors (Lipinski definition) is 5. The first-order chi connectivity index (χ1) is 9.50. The van der Waals surface area contributed by atoms with Crippen molar-refractivity contribution in [3.8, 4) is 0 Å². The van der Waals surface area contributed by atoms with Crippen LogP contribution in [0, 0.1) is 10.1 Å². The molecule has 0 amide bonds. The standard InChI is InChI=1S/C12H17N3O4S/c16-15(17)12-5-2-1-4-11(12)10-20(18,19)14-8-3-6-13-7-9-14/h1-2,4-5,13H,3,6-10H2. The van der Waals surface area contributed by atoms with Crippen molar-refractivity contribution in [1.82, 2.24) is 9.62 Å². The van der Waals surface area contributed by atoms with Gasteiger partial charge in [-0.1, -0.05) is 18.2 Å². The molecule has 20 heavy (non-hydrogen) atoms. The first kappa shape index (κ1) is 14.9. The van der Waals surface area contributed by atoms with Gasteiger partial charge < -0.3 is 5.32 Å². The van der Waals surface area contributed by atoms with E-state index < -0.39 is 14.9 Å². The number of nitrogens with zero attached hydrogens (tertiary/aromatic N) is 2. The smallest absolute Gasteiger partial charge is 0.273 e. The highest BCUT2D eigenvalue weighted by molar-refractivity contribution is 7.88. The van der Waals surface area contributed by atoms with Gasteiger partial charge in [0.1, 0.15) is 0 Å². The zero-order chi connectivity index (χ0) is 14.6. The van der Waals surface area contributed by atoms with Crippen LogP contribution in [0.5, 0.6) is 0 Å². The molecule has 1 aliphatic rings. The second-order valence-electron chi connectivity index (χ2n) is 4.64. The second-order valence-corrected chi connectivity index (χ2v) is 6.61. The molecule has 0 aliphatic carbocycles. The van der Waals surface area contributed by atoms with Crippen LogP contribution in [0.25, 0.3) is 0 Å². The first-order valence-electron chi connectivity index (χ1n) is 6.41. The molecule has 1 aromatic rings. The summed E-state index contributed by atoms with van der Waals surface area (Å²) in [6, 6.07) is 5.96. The van der Waals surface area contributed by atoms with Gasteiger partial charge in [-0.05, 0) is 13.0 Å². The molecule has 0 aromatic heterocycles. The van der Waals surface area contributed by atoms with Crippen molar-refractivity contribution in [3.05, 3.63) is 39.9 Å². The topological polar surface area (TPSA) is 92.5 Å². The summed E-state index contributed by atoms with van der Waals surface area (Å²) in [7, 11) is -3.53. The Kier molecular flexibility index (Phi) is 4.69. The molecule has 1 N–H and O–H groups in total. The predicted octanol–water partition coefficient (Wildman–Crippen LogP) is 0.720. The van der Waals surface area contributed by atoms with Crippen molar-refractivity contribution in [2.45, 2.75) is 12.2 Å². The summed E-state index contributed by atoms with van der Waals surface area (Å²) in [5.74, 6) is -0.329. The maximum atomic E-state index is 12.4. The van der Waals surface area contributed by atoms with Crippen LogP contribution in [0.15, 0.2) is 24.3 Å². The Balaban J connectivity index is 2.21. The number of rotatable bonds is 4. The van der Waals surface area contributed by atoms with E-state index in [0.29, 0.717) is 19.6 Å². The molecule has 1 fully saturated rings. The fraction of sp³-hybridized carbons (Fsp3) is 0.500. The van der Waals surface area contributed by atoms with Gasteiger partial charge in [-0.15, -0.1) is 0 Å². The lowest BCUT2D eigenvalue weighted by Crippen LogP contribution is -2.35. The van der Waals surface area contributed by atoms with E-state index in [-0.39, 0.29) is 17.0 Å². The zero-order valence-corrected chi connectivity index (χ0v) is 11.8. The summed E-state index contributed by atoms with van der Waals surface area (Å²) in [5, 5.41) is 14.1. The molecule has 7 nitrogen and oxygen atoms in total. The average molecular weight is 299 g/mol. The summed E-state index contributed by atoms with van der Waals surface area (Å²) >= 11 is 0. The SMILES string of the molecule is O=[N+]([O-])c1ccccc1CS(=O)(=O)N1CCCNCC1. The third-order valence-electron chi connectivity index (χ3n) is 3.22. The Morgan fingerprint density at radius 1 is 1.25 bits per heavy atom. The number of nitro benzene ring substituents is 1. The Morgan fingerprint density at radius 3 is 2.75 bits per heavy atom. The minimum atomic E-state index is -3.53. The van der Waals surface area contributed by atoms with E-state index in [1.165, 1.54) is 22.5 Å². The van der Waals surface area contributed by atoms with Gasteiger partial charge in [-0.3, -0.25) is 10.1 Å². The maximum absolute atomic E-state index is 12.4. The van der Waals surface area contributed by atoms with Crippen molar-refractivity contribution in [3.63, 3.8) is 0 Å². The maximum Gasteiger partial charge on any atom is 0.273 e. The van der Waals surface area contributed by atoms with Gasteiger partial charge in [0.2, 0.25) is 10.0 Å². The van der Waals surface area contributed by atoms with Gasteiger partial charge in [0.05, 0.1) is 10.7 Å². The third kappa shape index (κ3) is 3.53. The normalized spacial score (nSPS) is 17.6. The lowest BCUT2D eigenvalue weighted by atomic mass is 10.2. The molecule has 110 valence electrons. The molecule has 1 aliphatic heterocycles. The Bertz CT molecular complexity index is 580. The molecule has 0 radical (unpaired) electrons. The van der Waals surface area contributed by atoms with Crippen LogP contribution in [0.2, 0.25) is 0 Å². The largest absolute Gasteiger partial charge is 0.315 e. The minimum Gasteiger partial charge on any atom is -0.315 e. The van der Waals surface area contributed by atoms with Crippen molar-refractivity contribution in [2.75, 3.05) is 26.2 Å². The number of sulfonamides is 1. The number of nitrogens with one attached hydrogen (secondary N) is 1. The molecule has 0 unspecified atom stereocenters. The molecule has 1 aromatic carbocycles. The minimum absolute atomic E-state index is 0.149. The highest BCUT2D eigenvalue weighted by Gasteiger charge is 2.26. The van der Waals surface area contributed by atoms with E-state index in [4.69, 9.17) is 0 Å². The lowest BCUT2D eigenvalue weighted by Gasteiger charge is -2.19. The van der Waals surface area contributed by atoms with Gasteiger partial charge in [0.25, 0.3) is 5.69 Å². The molecule has 0 spiro atoms. The fourth-order valence-corrected chi connectivity index (χ4v) is 3.79. The van der Waals surface area contributed by atoms with E-state index >= 15 is 0 Å². The van der Waals surface area contributed by atoms with E-state index in [0.717, 1.165) is 13.0 Å². The van der Waals surface area contributed by atoms with Gasteiger partial charge in [-0.2, -0.15) is 0 Å². The summed E-state index contributed by atoms with van der Waals surface area (Å²) in [4.78, 5) is 10.4. The number of para-hydroxylation sites is 1. The van der Waals surface area contributed by atoms with Crippen molar-refractivity contribution < 1.29 is 13.3 Å². The van der Waals surface area contributed by atoms with E-state index in [9.17, 15) is 18.5 Å².